The molecule has 1 aromatic carbocycles. The number of halogens is 2. The van der Waals surface area contributed by atoms with Gasteiger partial charge in [0.1, 0.15) is 5.82 Å². The first-order valence-corrected chi connectivity index (χ1v) is 6.63. The zero-order valence-corrected chi connectivity index (χ0v) is 12.4. The second-order valence-electron chi connectivity index (χ2n) is 4.65. The quantitative estimate of drug-likeness (QED) is 0.899. The molecule has 0 unspecified atom stereocenters. The monoisotopic (exact) mass is 330 g/mol. The molecular formula is C13H16BrFN2O2. The van der Waals surface area contributed by atoms with E-state index in [0.29, 0.717) is 6.54 Å². The lowest BCUT2D eigenvalue weighted by Crippen LogP contribution is -2.40. The molecule has 0 bridgehead atoms. The zero-order valence-electron chi connectivity index (χ0n) is 10.8. The Labute approximate surface area is 119 Å². The van der Waals surface area contributed by atoms with Crippen LogP contribution in [0.25, 0.3) is 0 Å². The van der Waals surface area contributed by atoms with E-state index in [1.54, 1.807) is 0 Å². The third-order valence-electron chi connectivity index (χ3n) is 2.40. The molecule has 0 aliphatic rings. The highest BCUT2D eigenvalue weighted by atomic mass is 79.9. The van der Waals surface area contributed by atoms with E-state index in [0.717, 1.165) is 0 Å². The lowest BCUT2D eigenvalue weighted by molar-refractivity contribution is -0.118. The van der Waals surface area contributed by atoms with E-state index in [1.165, 1.54) is 23.1 Å². The van der Waals surface area contributed by atoms with Crippen LogP contribution in [0.3, 0.4) is 0 Å². The molecule has 0 aliphatic carbocycles. The highest BCUT2D eigenvalue weighted by Gasteiger charge is 2.21. The summed E-state index contributed by atoms with van der Waals surface area (Å²) in [5, 5.41) is 0. The molecule has 0 atom stereocenters. The lowest BCUT2D eigenvalue weighted by atomic mass is 10.1. The van der Waals surface area contributed by atoms with Crippen LogP contribution in [0.2, 0.25) is 0 Å². The van der Waals surface area contributed by atoms with E-state index in [4.69, 9.17) is 5.73 Å². The summed E-state index contributed by atoms with van der Waals surface area (Å²) in [4.78, 5) is 24.7. The van der Waals surface area contributed by atoms with Gasteiger partial charge in [-0.2, -0.15) is 0 Å². The third kappa shape index (κ3) is 4.31. The van der Waals surface area contributed by atoms with Gasteiger partial charge >= 0.3 is 0 Å². The summed E-state index contributed by atoms with van der Waals surface area (Å²) in [6, 6.07) is 4.21. The fourth-order valence-electron chi connectivity index (χ4n) is 1.69. The van der Waals surface area contributed by atoms with Crippen LogP contribution >= 0.6 is 15.9 Å². The molecule has 0 heterocycles. The van der Waals surface area contributed by atoms with Crippen LogP contribution in [0, 0.1) is 11.7 Å². The SMILES string of the molecule is CC(C)CN(CC(N)=O)C(=O)c1cccc(F)c1Br. The molecule has 0 radical (unpaired) electrons. The Morgan fingerprint density at radius 2 is 2.05 bits per heavy atom. The molecule has 2 amide bonds. The summed E-state index contributed by atoms with van der Waals surface area (Å²) in [7, 11) is 0. The summed E-state index contributed by atoms with van der Waals surface area (Å²) in [5.74, 6) is -1.36. The topological polar surface area (TPSA) is 63.4 Å². The first kappa shape index (κ1) is 15.6. The molecule has 1 aromatic rings. The number of nitrogens with zero attached hydrogens (tertiary/aromatic N) is 1. The Hall–Kier alpha value is -1.43. The highest BCUT2D eigenvalue weighted by Crippen LogP contribution is 2.22. The fourth-order valence-corrected chi connectivity index (χ4v) is 2.12. The Morgan fingerprint density at radius 3 is 2.58 bits per heavy atom. The van der Waals surface area contributed by atoms with Crippen LogP contribution < -0.4 is 5.73 Å². The van der Waals surface area contributed by atoms with Crippen LogP contribution in [0.15, 0.2) is 22.7 Å². The van der Waals surface area contributed by atoms with Crippen LogP contribution in [0.4, 0.5) is 4.39 Å². The van der Waals surface area contributed by atoms with E-state index < -0.39 is 17.6 Å². The van der Waals surface area contributed by atoms with Crippen molar-refractivity contribution in [3.8, 4) is 0 Å². The first-order chi connectivity index (χ1) is 8.82. The van der Waals surface area contributed by atoms with Gasteiger partial charge < -0.3 is 10.6 Å². The summed E-state index contributed by atoms with van der Waals surface area (Å²) in [5.41, 5.74) is 5.32. The van der Waals surface area contributed by atoms with Gasteiger partial charge in [-0.3, -0.25) is 9.59 Å². The number of hydrogen-bond acceptors (Lipinski definition) is 2. The molecule has 1 rings (SSSR count). The van der Waals surface area contributed by atoms with E-state index in [1.807, 2.05) is 13.8 Å². The molecule has 0 saturated heterocycles. The highest BCUT2D eigenvalue weighted by molar-refractivity contribution is 9.10. The Bertz CT molecular complexity index is 492. The van der Waals surface area contributed by atoms with Crippen molar-refractivity contribution in [2.45, 2.75) is 13.8 Å². The van der Waals surface area contributed by atoms with Crippen LogP contribution in [0.1, 0.15) is 24.2 Å². The standard InChI is InChI=1S/C13H16BrFN2O2/c1-8(2)6-17(7-11(16)18)13(19)9-4-3-5-10(15)12(9)14/h3-5,8H,6-7H2,1-2H3,(H2,16,18). The van der Waals surface area contributed by atoms with Gasteiger partial charge in [0, 0.05) is 6.54 Å². The number of carbonyl (C=O) groups excluding carboxylic acids is 2. The summed E-state index contributed by atoms with van der Waals surface area (Å²) < 4.78 is 13.5. The van der Waals surface area contributed by atoms with E-state index in [2.05, 4.69) is 15.9 Å². The number of benzene rings is 1. The van der Waals surface area contributed by atoms with Crippen LogP contribution in [-0.4, -0.2) is 29.8 Å². The first-order valence-electron chi connectivity index (χ1n) is 5.84. The maximum Gasteiger partial charge on any atom is 0.255 e. The van der Waals surface area contributed by atoms with Gasteiger partial charge in [0.15, 0.2) is 0 Å². The van der Waals surface area contributed by atoms with E-state index in [-0.39, 0.29) is 22.5 Å². The predicted molar refractivity (Wildman–Crippen MR) is 74.0 cm³/mol. The lowest BCUT2D eigenvalue weighted by Gasteiger charge is -2.23. The van der Waals surface area contributed by atoms with Gasteiger partial charge in [-0.15, -0.1) is 0 Å². The number of nitrogens with two attached hydrogens (primary N) is 1. The van der Waals surface area contributed by atoms with Gasteiger partial charge in [-0.05, 0) is 34.0 Å². The summed E-state index contributed by atoms with van der Waals surface area (Å²) >= 11 is 3.04. The molecule has 0 fully saturated rings. The van der Waals surface area contributed by atoms with Crippen molar-refractivity contribution in [2.24, 2.45) is 11.7 Å². The molecule has 0 saturated carbocycles. The molecule has 104 valence electrons. The number of carbonyl (C=O) groups is 2. The molecule has 6 heteroatoms. The second-order valence-corrected chi connectivity index (χ2v) is 5.44. The van der Waals surface area contributed by atoms with Crippen molar-refractivity contribution in [2.75, 3.05) is 13.1 Å². The predicted octanol–water partition coefficient (Wildman–Crippen LogP) is 2.17. The average molecular weight is 331 g/mol. The van der Waals surface area contributed by atoms with Gasteiger partial charge in [0.05, 0.1) is 16.6 Å². The van der Waals surface area contributed by atoms with Crippen molar-refractivity contribution in [3.63, 3.8) is 0 Å². The molecule has 0 spiro atoms. The maximum absolute atomic E-state index is 13.4. The zero-order chi connectivity index (χ0) is 14.6. The van der Waals surface area contributed by atoms with E-state index >= 15 is 0 Å². The molecule has 2 N–H and O–H groups in total. The largest absolute Gasteiger partial charge is 0.368 e. The number of primary amides is 1. The van der Waals surface area contributed by atoms with Crippen LogP contribution in [-0.2, 0) is 4.79 Å². The Balaban J connectivity index is 3.04. The normalized spacial score (nSPS) is 10.6. The maximum atomic E-state index is 13.4. The van der Waals surface area contributed by atoms with Crippen molar-refractivity contribution in [1.82, 2.24) is 4.90 Å². The Kier molecular flexibility index (Phi) is 5.47. The fraction of sp³-hybridized carbons (Fsp3) is 0.385. The third-order valence-corrected chi connectivity index (χ3v) is 3.21. The Morgan fingerprint density at radius 1 is 1.42 bits per heavy atom. The van der Waals surface area contributed by atoms with Crippen molar-refractivity contribution >= 4 is 27.7 Å². The minimum atomic E-state index is -0.596. The van der Waals surface area contributed by atoms with Crippen LogP contribution in [0.5, 0.6) is 0 Å². The summed E-state index contributed by atoms with van der Waals surface area (Å²) in [6.07, 6.45) is 0. The molecule has 4 nitrogen and oxygen atoms in total. The molecule has 19 heavy (non-hydrogen) atoms. The van der Waals surface area contributed by atoms with E-state index in [9.17, 15) is 14.0 Å². The van der Waals surface area contributed by atoms with Gasteiger partial charge in [0.2, 0.25) is 5.91 Å². The smallest absolute Gasteiger partial charge is 0.255 e. The minimum absolute atomic E-state index is 0.0956. The van der Waals surface area contributed by atoms with Gasteiger partial charge in [-0.25, -0.2) is 4.39 Å². The molecule has 0 aliphatic heterocycles. The van der Waals surface area contributed by atoms with Crippen molar-refractivity contribution in [3.05, 3.63) is 34.1 Å². The molecule has 0 aromatic heterocycles. The number of hydrogen-bond donors (Lipinski definition) is 1. The molecular weight excluding hydrogens is 315 g/mol. The van der Waals surface area contributed by atoms with Gasteiger partial charge in [-0.1, -0.05) is 19.9 Å². The van der Waals surface area contributed by atoms with Crippen molar-refractivity contribution in [1.29, 1.82) is 0 Å². The van der Waals surface area contributed by atoms with Crippen molar-refractivity contribution < 1.29 is 14.0 Å². The van der Waals surface area contributed by atoms with Gasteiger partial charge in [0.25, 0.3) is 5.91 Å². The number of amides is 2. The number of rotatable bonds is 5. The summed E-state index contributed by atoms with van der Waals surface area (Å²) in [6.45, 7) is 4.04. The second kappa shape index (κ2) is 6.65. The minimum Gasteiger partial charge on any atom is -0.368 e. The average Bonchev–Trinajstić information content (AvgIpc) is 2.30.